The smallest absolute Gasteiger partial charge is 0.251 e. The molecule has 0 atom stereocenters. The van der Waals surface area contributed by atoms with Crippen molar-refractivity contribution in [3.05, 3.63) is 69.6 Å². The van der Waals surface area contributed by atoms with E-state index >= 15 is 0 Å². The lowest BCUT2D eigenvalue weighted by Gasteiger charge is -2.04. The van der Waals surface area contributed by atoms with E-state index in [0.717, 1.165) is 17.5 Å². The van der Waals surface area contributed by atoms with E-state index < -0.39 is 0 Å². The van der Waals surface area contributed by atoms with Crippen LogP contribution in [-0.4, -0.2) is 11.1 Å². The van der Waals surface area contributed by atoms with Gasteiger partial charge >= 0.3 is 0 Å². The molecule has 20 heavy (non-hydrogen) atoms. The van der Waals surface area contributed by atoms with Gasteiger partial charge in [0.1, 0.15) is 0 Å². The average Bonchev–Trinajstić information content (AvgIpc) is 2.44. The quantitative estimate of drug-likeness (QED) is 0.906. The van der Waals surface area contributed by atoms with E-state index in [1.54, 1.807) is 10.6 Å². The molecule has 1 heterocycles. The van der Waals surface area contributed by atoms with E-state index in [0.29, 0.717) is 13.1 Å². The van der Waals surface area contributed by atoms with Gasteiger partial charge in [0.15, 0.2) is 0 Å². The van der Waals surface area contributed by atoms with Crippen molar-refractivity contribution in [3.63, 3.8) is 0 Å². The molecule has 2 aromatic rings. The largest absolute Gasteiger partial charge is 0.330 e. The van der Waals surface area contributed by atoms with Gasteiger partial charge in [-0.2, -0.15) is 0 Å². The van der Waals surface area contributed by atoms with Crippen molar-refractivity contribution >= 4 is 12.2 Å². The number of pyridine rings is 1. The van der Waals surface area contributed by atoms with Crippen LogP contribution in [0.2, 0.25) is 0 Å². The monoisotopic (exact) mass is 268 g/mol. The zero-order valence-electron chi connectivity index (χ0n) is 11.8. The predicted molar refractivity (Wildman–Crippen MR) is 84.5 cm³/mol. The van der Waals surface area contributed by atoms with E-state index in [9.17, 15) is 4.79 Å². The fraction of sp³-hybridized carbons (Fsp3) is 0.235. The van der Waals surface area contributed by atoms with E-state index in [1.807, 2.05) is 36.5 Å². The van der Waals surface area contributed by atoms with Crippen LogP contribution in [0.5, 0.6) is 0 Å². The first-order valence-electron chi connectivity index (χ1n) is 6.84. The summed E-state index contributed by atoms with van der Waals surface area (Å²) in [6, 6.07) is 11.9. The number of rotatable bonds is 5. The topological polar surface area (TPSA) is 48.0 Å². The molecule has 2 rings (SSSR count). The summed E-state index contributed by atoms with van der Waals surface area (Å²) in [6.45, 7) is 3.34. The number of hydrogen-bond acceptors (Lipinski definition) is 2. The highest BCUT2D eigenvalue weighted by atomic mass is 16.1. The Morgan fingerprint density at radius 2 is 1.90 bits per heavy atom. The maximum absolute atomic E-state index is 11.9. The molecule has 0 unspecified atom stereocenters. The van der Waals surface area contributed by atoms with Gasteiger partial charge in [0.05, 0.1) is 0 Å². The molecule has 0 saturated heterocycles. The van der Waals surface area contributed by atoms with Crippen molar-refractivity contribution in [2.24, 2.45) is 5.73 Å². The van der Waals surface area contributed by atoms with Gasteiger partial charge in [0.25, 0.3) is 5.56 Å². The molecule has 104 valence electrons. The molecule has 3 heteroatoms. The first kappa shape index (κ1) is 14.3. The van der Waals surface area contributed by atoms with Crippen molar-refractivity contribution < 1.29 is 0 Å². The molecule has 0 bridgehead atoms. The number of hydrogen-bond donors (Lipinski definition) is 1. The molecule has 0 aliphatic rings. The second-order valence-electron chi connectivity index (χ2n) is 4.88. The highest BCUT2D eigenvalue weighted by molar-refractivity contribution is 5.69. The van der Waals surface area contributed by atoms with Crippen molar-refractivity contribution in [3.8, 4) is 0 Å². The number of benzene rings is 1. The van der Waals surface area contributed by atoms with Crippen LogP contribution >= 0.6 is 0 Å². The van der Waals surface area contributed by atoms with Gasteiger partial charge in [-0.25, -0.2) is 0 Å². The summed E-state index contributed by atoms with van der Waals surface area (Å²) in [6.07, 6.45) is 6.63. The van der Waals surface area contributed by atoms with Gasteiger partial charge in [-0.3, -0.25) is 4.79 Å². The maximum atomic E-state index is 11.9. The molecule has 0 fully saturated rings. The van der Waals surface area contributed by atoms with Crippen LogP contribution < -0.4 is 11.3 Å². The summed E-state index contributed by atoms with van der Waals surface area (Å²) in [4.78, 5) is 11.9. The molecule has 0 radical (unpaired) electrons. The third-order valence-corrected chi connectivity index (χ3v) is 3.13. The molecule has 3 nitrogen and oxygen atoms in total. The molecule has 0 spiro atoms. The molecular formula is C17H20N2O. The van der Waals surface area contributed by atoms with Gasteiger partial charge in [-0.1, -0.05) is 42.0 Å². The van der Waals surface area contributed by atoms with Crippen LogP contribution in [0, 0.1) is 6.92 Å². The zero-order valence-corrected chi connectivity index (χ0v) is 11.8. The third-order valence-electron chi connectivity index (χ3n) is 3.13. The number of aryl methyl sites for hydroxylation is 2. The molecule has 0 aliphatic heterocycles. The highest BCUT2D eigenvalue weighted by Gasteiger charge is 1.96. The van der Waals surface area contributed by atoms with Crippen LogP contribution in [0.3, 0.4) is 0 Å². The van der Waals surface area contributed by atoms with Crippen LogP contribution in [0.4, 0.5) is 0 Å². The molecule has 0 saturated carbocycles. The van der Waals surface area contributed by atoms with Gasteiger partial charge in [0, 0.05) is 18.8 Å². The number of nitrogens with zero attached hydrogens (tertiary/aromatic N) is 1. The first-order chi connectivity index (χ1) is 9.69. The Balaban J connectivity index is 2.14. The van der Waals surface area contributed by atoms with Gasteiger partial charge in [-0.05, 0) is 37.1 Å². The van der Waals surface area contributed by atoms with Crippen molar-refractivity contribution in [2.45, 2.75) is 19.9 Å². The number of aromatic nitrogens is 1. The van der Waals surface area contributed by atoms with E-state index in [2.05, 4.69) is 19.1 Å². The minimum atomic E-state index is 0.0184. The lowest BCUT2D eigenvalue weighted by Crippen LogP contribution is -2.20. The fourth-order valence-electron chi connectivity index (χ4n) is 2.04. The van der Waals surface area contributed by atoms with Gasteiger partial charge in [-0.15, -0.1) is 0 Å². The van der Waals surface area contributed by atoms with Crippen molar-refractivity contribution in [1.29, 1.82) is 0 Å². The van der Waals surface area contributed by atoms with E-state index in [-0.39, 0.29) is 5.56 Å². The Bertz CT molecular complexity index is 656. The van der Waals surface area contributed by atoms with Gasteiger partial charge in [0.2, 0.25) is 0 Å². The highest BCUT2D eigenvalue weighted by Crippen LogP contribution is 2.08. The first-order valence-corrected chi connectivity index (χ1v) is 6.84. The minimum absolute atomic E-state index is 0.0184. The fourth-order valence-corrected chi connectivity index (χ4v) is 2.04. The van der Waals surface area contributed by atoms with Crippen molar-refractivity contribution in [2.75, 3.05) is 6.54 Å². The lowest BCUT2D eigenvalue weighted by atomic mass is 10.1. The van der Waals surface area contributed by atoms with Crippen LogP contribution in [-0.2, 0) is 6.54 Å². The molecular weight excluding hydrogens is 248 g/mol. The van der Waals surface area contributed by atoms with E-state index in [1.165, 1.54) is 5.56 Å². The Morgan fingerprint density at radius 1 is 1.15 bits per heavy atom. The summed E-state index contributed by atoms with van der Waals surface area (Å²) in [5, 5.41) is 0. The third kappa shape index (κ3) is 3.93. The van der Waals surface area contributed by atoms with Crippen LogP contribution in [0.1, 0.15) is 23.1 Å². The molecule has 1 aromatic heterocycles. The van der Waals surface area contributed by atoms with Crippen molar-refractivity contribution in [1.82, 2.24) is 4.57 Å². The van der Waals surface area contributed by atoms with Gasteiger partial charge < -0.3 is 10.3 Å². The standard InChI is InChI=1S/C17H20N2O/c1-14-4-2-5-15(12-14)6-7-16-8-11-19(10-3-9-18)17(20)13-16/h2,4-8,11-13H,3,9-10,18H2,1H3/b7-6+. The van der Waals surface area contributed by atoms with E-state index in [4.69, 9.17) is 5.73 Å². The molecule has 0 amide bonds. The summed E-state index contributed by atoms with van der Waals surface area (Å²) in [5.74, 6) is 0. The Morgan fingerprint density at radius 3 is 2.55 bits per heavy atom. The Kier molecular flexibility index (Phi) is 4.91. The molecule has 1 aromatic carbocycles. The summed E-state index contributed by atoms with van der Waals surface area (Å²) in [5.41, 5.74) is 8.75. The lowest BCUT2D eigenvalue weighted by molar-refractivity contribution is 0.629. The minimum Gasteiger partial charge on any atom is -0.330 e. The molecule has 0 aliphatic carbocycles. The second-order valence-corrected chi connectivity index (χ2v) is 4.88. The SMILES string of the molecule is Cc1cccc(/C=C/c2ccn(CCCN)c(=O)c2)c1. The number of nitrogens with two attached hydrogens (primary N) is 1. The normalized spacial score (nSPS) is 11.1. The average molecular weight is 268 g/mol. The van der Waals surface area contributed by atoms with Crippen LogP contribution in [0.15, 0.2) is 47.4 Å². The summed E-state index contributed by atoms with van der Waals surface area (Å²) >= 11 is 0. The summed E-state index contributed by atoms with van der Waals surface area (Å²) < 4.78 is 1.69. The second kappa shape index (κ2) is 6.87. The molecule has 2 N–H and O–H groups in total. The summed E-state index contributed by atoms with van der Waals surface area (Å²) in [7, 11) is 0. The zero-order chi connectivity index (χ0) is 14.4. The Hall–Kier alpha value is -2.13. The maximum Gasteiger partial charge on any atom is 0.251 e. The predicted octanol–water partition coefficient (Wildman–Crippen LogP) is 2.68. The van der Waals surface area contributed by atoms with Crippen LogP contribution in [0.25, 0.3) is 12.2 Å². The Labute approximate surface area is 119 Å².